The molecule has 2 fully saturated rings. The van der Waals surface area contributed by atoms with Gasteiger partial charge in [0.05, 0.1) is 0 Å². The molecule has 0 radical (unpaired) electrons. The largest absolute Gasteiger partial charge is 0.540 e. The molecule has 2 saturated carbocycles. The summed E-state index contributed by atoms with van der Waals surface area (Å²) in [6.45, 7) is 0. The van der Waals surface area contributed by atoms with Gasteiger partial charge < -0.3 is 4.74 Å². The maximum absolute atomic E-state index is 12.2. The van der Waals surface area contributed by atoms with Gasteiger partial charge in [-0.3, -0.25) is 4.89 Å². The van der Waals surface area contributed by atoms with Crippen molar-refractivity contribution in [3.63, 3.8) is 0 Å². The predicted molar refractivity (Wildman–Crippen MR) is 118 cm³/mol. The van der Waals surface area contributed by atoms with E-state index in [1.807, 2.05) is 0 Å². The van der Waals surface area contributed by atoms with E-state index in [0.29, 0.717) is 0 Å². The molecule has 0 heterocycles. The third kappa shape index (κ3) is 13.2. The average molecular weight is 411 g/mol. The second kappa shape index (κ2) is 17.0. The Bertz CT molecular complexity index is 374. The van der Waals surface area contributed by atoms with Crippen LogP contribution in [0, 0.1) is 0 Å². The third-order valence-electron chi connectivity index (χ3n) is 6.62. The van der Waals surface area contributed by atoms with Crippen LogP contribution in [0.15, 0.2) is 0 Å². The van der Waals surface area contributed by atoms with Crippen LogP contribution in [0.5, 0.6) is 0 Å². The first kappa shape index (κ1) is 24.5. The van der Waals surface area contributed by atoms with Crippen LogP contribution in [0.25, 0.3) is 0 Å². The second-order valence-corrected chi connectivity index (χ2v) is 9.31. The van der Waals surface area contributed by atoms with Gasteiger partial charge in [-0.15, -0.1) is 0 Å². The Balaban J connectivity index is 1.68. The first-order valence-corrected chi connectivity index (χ1v) is 12.9. The van der Waals surface area contributed by atoms with Crippen LogP contribution in [0.1, 0.15) is 141 Å². The Morgan fingerprint density at radius 1 is 0.448 bits per heavy atom. The van der Waals surface area contributed by atoms with Crippen LogP contribution in [-0.4, -0.2) is 18.4 Å². The summed E-state index contributed by atoms with van der Waals surface area (Å²) in [5.74, 6) is 0. The molecule has 0 spiro atoms. The van der Waals surface area contributed by atoms with Gasteiger partial charge in [0.2, 0.25) is 0 Å². The SMILES string of the molecule is O=C(OOC1CCCCCCCCCCC1)OC1CCCCCCCCCCC1. The van der Waals surface area contributed by atoms with E-state index in [9.17, 15) is 4.79 Å². The minimum Gasteiger partial charge on any atom is -0.429 e. The van der Waals surface area contributed by atoms with Gasteiger partial charge in [-0.1, -0.05) is 103 Å². The molecule has 0 aliphatic heterocycles. The lowest BCUT2D eigenvalue weighted by Crippen LogP contribution is -2.22. The zero-order chi connectivity index (χ0) is 20.4. The average Bonchev–Trinajstić information content (AvgIpc) is 2.70. The van der Waals surface area contributed by atoms with Crippen molar-refractivity contribution in [1.82, 2.24) is 0 Å². The van der Waals surface area contributed by atoms with E-state index < -0.39 is 6.16 Å². The lowest BCUT2D eigenvalue weighted by molar-refractivity contribution is -0.291. The lowest BCUT2D eigenvalue weighted by Gasteiger charge is -2.20. The number of hydrogen-bond donors (Lipinski definition) is 0. The first-order valence-electron chi connectivity index (χ1n) is 12.9. The molecule has 0 amide bonds. The van der Waals surface area contributed by atoms with Crippen molar-refractivity contribution in [2.45, 2.75) is 153 Å². The highest BCUT2D eigenvalue weighted by Gasteiger charge is 2.19. The molecule has 0 aromatic carbocycles. The van der Waals surface area contributed by atoms with Crippen LogP contribution in [0.3, 0.4) is 0 Å². The minimum absolute atomic E-state index is 0.0122. The Labute approximate surface area is 179 Å². The zero-order valence-electron chi connectivity index (χ0n) is 18.8. The molecule has 2 rings (SSSR count). The van der Waals surface area contributed by atoms with Gasteiger partial charge in [-0.25, -0.2) is 4.79 Å². The standard InChI is InChI=1S/C25H46O4/c26-25(27-23-19-15-11-7-3-1-4-8-12-16-20-23)29-28-24-21-17-13-9-5-2-6-10-14-18-22-24/h23-24H,1-22H2. The molecule has 0 unspecified atom stereocenters. The van der Waals surface area contributed by atoms with Crippen molar-refractivity contribution in [3.8, 4) is 0 Å². The smallest absolute Gasteiger partial charge is 0.429 e. The van der Waals surface area contributed by atoms with Gasteiger partial charge in [0.15, 0.2) is 0 Å². The predicted octanol–water partition coefficient (Wildman–Crippen LogP) is 8.42. The highest BCUT2D eigenvalue weighted by Crippen LogP contribution is 2.21. The van der Waals surface area contributed by atoms with Gasteiger partial charge in [0.1, 0.15) is 12.2 Å². The molecule has 2 aliphatic carbocycles. The molecule has 0 atom stereocenters. The van der Waals surface area contributed by atoms with Crippen molar-refractivity contribution in [2.24, 2.45) is 0 Å². The Morgan fingerprint density at radius 3 is 1.14 bits per heavy atom. The van der Waals surface area contributed by atoms with Crippen LogP contribution in [-0.2, 0) is 14.5 Å². The summed E-state index contributed by atoms with van der Waals surface area (Å²) in [5, 5.41) is 0. The molecule has 29 heavy (non-hydrogen) atoms. The zero-order valence-corrected chi connectivity index (χ0v) is 18.8. The maximum Gasteiger partial charge on any atom is 0.540 e. The van der Waals surface area contributed by atoms with E-state index in [4.69, 9.17) is 14.5 Å². The van der Waals surface area contributed by atoms with E-state index in [1.54, 1.807) is 0 Å². The summed E-state index contributed by atoms with van der Waals surface area (Å²) in [7, 11) is 0. The minimum atomic E-state index is -0.631. The summed E-state index contributed by atoms with van der Waals surface area (Å²) >= 11 is 0. The van der Waals surface area contributed by atoms with E-state index in [1.165, 1.54) is 89.9 Å². The quantitative estimate of drug-likeness (QED) is 0.266. The van der Waals surface area contributed by atoms with Crippen LogP contribution < -0.4 is 0 Å². The van der Waals surface area contributed by atoms with Gasteiger partial charge in [-0.2, -0.15) is 4.89 Å². The topological polar surface area (TPSA) is 44.8 Å². The summed E-state index contributed by atoms with van der Waals surface area (Å²) in [5.41, 5.74) is 0. The van der Waals surface area contributed by atoms with Gasteiger partial charge in [0, 0.05) is 0 Å². The highest BCUT2D eigenvalue weighted by atomic mass is 17.2. The van der Waals surface area contributed by atoms with Crippen molar-refractivity contribution in [2.75, 3.05) is 0 Å². The van der Waals surface area contributed by atoms with Crippen molar-refractivity contribution in [1.29, 1.82) is 0 Å². The molecule has 2 aliphatic rings. The Hall–Kier alpha value is -0.770. The van der Waals surface area contributed by atoms with Crippen LogP contribution in [0.4, 0.5) is 4.79 Å². The number of carbonyl (C=O) groups excluding carboxylic acids is 1. The number of ether oxygens (including phenoxy) is 1. The van der Waals surface area contributed by atoms with Gasteiger partial charge in [-0.05, 0) is 38.5 Å². The monoisotopic (exact) mass is 410 g/mol. The van der Waals surface area contributed by atoms with Crippen molar-refractivity contribution >= 4 is 6.16 Å². The number of carbonyl (C=O) groups is 1. The fraction of sp³-hybridized carbons (Fsp3) is 0.960. The maximum atomic E-state index is 12.2. The normalized spacial score (nSPS) is 23.6. The third-order valence-corrected chi connectivity index (χ3v) is 6.62. The van der Waals surface area contributed by atoms with Crippen LogP contribution >= 0.6 is 0 Å². The molecular weight excluding hydrogens is 364 g/mol. The molecule has 0 aromatic heterocycles. The van der Waals surface area contributed by atoms with Crippen molar-refractivity contribution in [3.05, 3.63) is 0 Å². The highest BCUT2D eigenvalue weighted by molar-refractivity contribution is 5.59. The lowest BCUT2D eigenvalue weighted by atomic mass is 9.99. The van der Waals surface area contributed by atoms with E-state index in [-0.39, 0.29) is 12.2 Å². The molecule has 4 heteroatoms. The fourth-order valence-corrected chi connectivity index (χ4v) is 4.73. The second-order valence-electron chi connectivity index (χ2n) is 9.31. The summed E-state index contributed by atoms with van der Waals surface area (Å²) in [6.07, 6.45) is 26.3. The van der Waals surface area contributed by atoms with E-state index in [2.05, 4.69) is 0 Å². The summed E-state index contributed by atoms with van der Waals surface area (Å²) in [6, 6.07) is 0. The van der Waals surface area contributed by atoms with Crippen LogP contribution in [0.2, 0.25) is 0 Å². The molecule has 0 bridgehead atoms. The number of rotatable bonds is 3. The van der Waals surface area contributed by atoms with Gasteiger partial charge in [0.25, 0.3) is 0 Å². The summed E-state index contributed by atoms with van der Waals surface area (Å²) < 4.78 is 5.64. The molecule has 0 N–H and O–H groups in total. The number of hydrogen-bond acceptors (Lipinski definition) is 4. The molecule has 170 valence electrons. The molecule has 4 nitrogen and oxygen atoms in total. The van der Waals surface area contributed by atoms with Gasteiger partial charge >= 0.3 is 6.16 Å². The van der Waals surface area contributed by atoms with E-state index in [0.717, 1.165) is 51.4 Å². The molecular formula is C25H46O4. The first-order chi connectivity index (χ1) is 14.3. The van der Waals surface area contributed by atoms with E-state index >= 15 is 0 Å². The summed E-state index contributed by atoms with van der Waals surface area (Å²) in [4.78, 5) is 22.9. The Kier molecular flexibility index (Phi) is 14.3. The van der Waals surface area contributed by atoms with Crippen molar-refractivity contribution < 1.29 is 19.3 Å². The Morgan fingerprint density at radius 2 is 0.759 bits per heavy atom. The molecule has 0 saturated heterocycles. The fourth-order valence-electron chi connectivity index (χ4n) is 4.73. The molecule has 0 aromatic rings.